The van der Waals surface area contributed by atoms with Crippen LogP contribution in [0.25, 0.3) is 11.3 Å². The van der Waals surface area contributed by atoms with Gasteiger partial charge in [0.25, 0.3) is 0 Å². The maximum Gasteiger partial charge on any atom is 0.212 e. The van der Waals surface area contributed by atoms with E-state index >= 15 is 0 Å². The molecule has 0 fully saturated rings. The predicted octanol–water partition coefficient (Wildman–Crippen LogP) is 2.75. The molecule has 4 nitrogen and oxygen atoms in total. The topological polar surface area (TPSA) is 61.0 Å². The molecule has 2 rings (SSSR count). The Bertz CT molecular complexity index is 493. The summed E-state index contributed by atoms with van der Waals surface area (Å²) < 4.78 is 5.02. The number of rotatable bonds is 4. The minimum Gasteiger partial charge on any atom is -0.481 e. The van der Waals surface area contributed by atoms with Crippen molar-refractivity contribution in [2.45, 2.75) is 19.8 Å². The standard InChI is InChI=1S/C12H15N3OS/c1-3-4-10-15-11(12(13)17-10)8-5-6-9(16-2)14-7-8/h5-7H,3-4,13H2,1-2H3. The second-order valence-corrected chi connectivity index (χ2v) is 4.77. The molecule has 2 N–H and O–H groups in total. The van der Waals surface area contributed by atoms with Crippen molar-refractivity contribution in [2.75, 3.05) is 12.8 Å². The highest BCUT2D eigenvalue weighted by molar-refractivity contribution is 7.16. The third-order valence-electron chi connectivity index (χ3n) is 2.38. The van der Waals surface area contributed by atoms with Crippen LogP contribution in [-0.4, -0.2) is 17.1 Å². The van der Waals surface area contributed by atoms with Crippen LogP contribution in [0.3, 0.4) is 0 Å². The van der Waals surface area contributed by atoms with Crippen molar-refractivity contribution in [1.29, 1.82) is 0 Å². The molecule has 0 atom stereocenters. The Morgan fingerprint density at radius 2 is 2.24 bits per heavy atom. The second kappa shape index (κ2) is 5.14. The highest BCUT2D eigenvalue weighted by Crippen LogP contribution is 2.31. The molecule has 2 aromatic heterocycles. The molecule has 2 heterocycles. The molecule has 0 saturated carbocycles. The Morgan fingerprint density at radius 1 is 1.41 bits per heavy atom. The second-order valence-electron chi connectivity index (χ2n) is 3.66. The van der Waals surface area contributed by atoms with Gasteiger partial charge in [-0.15, -0.1) is 11.3 Å². The van der Waals surface area contributed by atoms with Crippen LogP contribution < -0.4 is 10.5 Å². The van der Waals surface area contributed by atoms with Gasteiger partial charge in [0, 0.05) is 17.8 Å². The highest BCUT2D eigenvalue weighted by Gasteiger charge is 2.10. The molecular weight excluding hydrogens is 234 g/mol. The zero-order valence-electron chi connectivity index (χ0n) is 9.93. The van der Waals surface area contributed by atoms with Crippen molar-refractivity contribution in [3.8, 4) is 17.1 Å². The van der Waals surface area contributed by atoms with Crippen LogP contribution in [0.4, 0.5) is 5.00 Å². The number of hydrogen-bond acceptors (Lipinski definition) is 5. The summed E-state index contributed by atoms with van der Waals surface area (Å²) in [7, 11) is 1.60. The van der Waals surface area contributed by atoms with Crippen LogP contribution in [0.1, 0.15) is 18.4 Å². The molecule has 2 aromatic rings. The third kappa shape index (κ3) is 2.55. The molecule has 0 unspecified atom stereocenters. The fourth-order valence-electron chi connectivity index (χ4n) is 1.55. The van der Waals surface area contributed by atoms with Gasteiger partial charge in [-0.05, 0) is 18.9 Å². The van der Waals surface area contributed by atoms with Crippen molar-refractivity contribution < 1.29 is 4.74 Å². The number of nitrogens with two attached hydrogens (primary N) is 1. The average Bonchev–Trinajstić information content (AvgIpc) is 2.71. The molecule has 5 heteroatoms. The normalized spacial score (nSPS) is 10.5. The number of ether oxygens (including phenoxy) is 1. The zero-order chi connectivity index (χ0) is 12.3. The quantitative estimate of drug-likeness (QED) is 0.905. The summed E-state index contributed by atoms with van der Waals surface area (Å²) in [4.78, 5) is 8.69. The number of methoxy groups -OCH3 is 1. The fraction of sp³-hybridized carbons (Fsp3) is 0.333. The first-order valence-electron chi connectivity index (χ1n) is 5.50. The maximum absolute atomic E-state index is 5.97. The van der Waals surface area contributed by atoms with E-state index < -0.39 is 0 Å². The van der Waals surface area contributed by atoms with Crippen molar-refractivity contribution in [3.05, 3.63) is 23.3 Å². The van der Waals surface area contributed by atoms with E-state index in [1.54, 1.807) is 24.6 Å². The zero-order valence-corrected chi connectivity index (χ0v) is 10.8. The van der Waals surface area contributed by atoms with Crippen LogP contribution in [0.5, 0.6) is 5.88 Å². The van der Waals surface area contributed by atoms with Crippen LogP contribution in [0, 0.1) is 0 Å². The number of anilines is 1. The van der Waals surface area contributed by atoms with Crippen molar-refractivity contribution in [3.63, 3.8) is 0 Å². The van der Waals surface area contributed by atoms with Gasteiger partial charge >= 0.3 is 0 Å². The number of pyridine rings is 1. The van der Waals surface area contributed by atoms with Crippen molar-refractivity contribution in [1.82, 2.24) is 9.97 Å². The molecule has 0 aliphatic carbocycles. The molecule has 0 aliphatic rings. The molecule has 0 radical (unpaired) electrons. The Hall–Kier alpha value is -1.62. The molecule has 0 spiro atoms. The van der Waals surface area contributed by atoms with E-state index in [-0.39, 0.29) is 0 Å². The van der Waals surface area contributed by atoms with E-state index in [1.165, 1.54) is 0 Å². The van der Waals surface area contributed by atoms with E-state index in [1.807, 2.05) is 12.1 Å². The average molecular weight is 249 g/mol. The van der Waals surface area contributed by atoms with E-state index in [4.69, 9.17) is 10.5 Å². The lowest BCUT2D eigenvalue weighted by Crippen LogP contribution is -1.90. The molecule has 17 heavy (non-hydrogen) atoms. The lowest BCUT2D eigenvalue weighted by atomic mass is 10.2. The first-order valence-corrected chi connectivity index (χ1v) is 6.31. The summed E-state index contributed by atoms with van der Waals surface area (Å²) >= 11 is 1.55. The van der Waals surface area contributed by atoms with E-state index in [2.05, 4.69) is 16.9 Å². The molecule has 0 amide bonds. The molecule has 90 valence electrons. The predicted molar refractivity (Wildman–Crippen MR) is 70.3 cm³/mol. The molecular formula is C12H15N3OS. The lowest BCUT2D eigenvalue weighted by Gasteiger charge is -2.00. The Labute approximate surface area is 104 Å². The summed E-state index contributed by atoms with van der Waals surface area (Å²) in [5.74, 6) is 0.594. The van der Waals surface area contributed by atoms with Crippen molar-refractivity contribution in [2.24, 2.45) is 0 Å². The fourth-order valence-corrected chi connectivity index (χ4v) is 2.50. The largest absolute Gasteiger partial charge is 0.481 e. The number of thiazole rings is 1. The number of aromatic nitrogens is 2. The number of nitrogen functional groups attached to an aromatic ring is 1. The van der Waals surface area contributed by atoms with Crippen LogP contribution >= 0.6 is 11.3 Å². The van der Waals surface area contributed by atoms with Crippen molar-refractivity contribution >= 4 is 16.3 Å². The first kappa shape index (κ1) is 11.9. The van der Waals surface area contributed by atoms with Gasteiger partial charge in [0.2, 0.25) is 5.88 Å². The number of hydrogen-bond donors (Lipinski definition) is 1. The van der Waals surface area contributed by atoms with Gasteiger partial charge in [-0.2, -0.15) is 0 Å². The Balaban J connectivity index is 2.31. The first-order chi connectivity index (χ1) is 8.24. The van der Waals surface area contributed by atoms with Gasteiger partial charge in [-0.25, -0.2) is 9.97 Å². The lowest BCUT2D eigenvalue weighted by molar-refractivity contribution is 0.398. The van der Waals surface area contributed by atoms with Crippen LogP contribution in [0.2, 0.25) is 0 Å². The molecule has 0 aliphatic heterocycles. The summed E-state index contributed by atoms with van der Waals surface area (Å²) in [6, 6.07) is 3.74. The molecule has 0 saturated heterocycles. The maximum atomic E-state index is 5.97. The van der Waals surface area contributed by atoms with E-state index in [0.717, 1.165) is 34.1 Å². The van der Waals surface area contributed by atoms with Gasteiger partial charge in [-0.1, -0.05) is 6.92 Å². The SMILES string of the molecule is CCCc1nc(-c2ccc(OC)nc2)c(N)s1. The summed E-state index contributed by atoms with van der Waals surface area (Å²) in [6.07, 6.45) is 3.78. The van der Waals surface area contributed by atoms with E-state index in [0.29, 0.717) is 5.88 Å². The number of nitrogens with zero attached hydrogens (tertiary/aromatic N) is 2. The monoisotopic (exact) mass is 249 g/mol. The minimum absolute atomic E-state index is 0.594. The molecule has 0 bridgehead atoms. The van der Waals surface area contributed by atoms with Crippen LogP contribution in [-0.2, 0) is 6.42 Å². The smallest absolute Gasteiger partial charge is 0.212 e. The number of aryl methyl sites for hydroxylation is 1. The highest BCUT2D eigenvalue weighted by atomic mass is 32.1. The van der Waals surface area contributed by atoms with Gasteiger partial charge < -0.3 is 10.5 Å². The summed E-state index contributed by atoms with van der Waals surface area (Å²) in [5, 5.41) is 1.83. The van der Waals surface area contributed by atoms with E-state index in [9.17, 15) is 0 Å². The summed E-state index contributed by atoms with van der Waals surface area (Å²) in [6.45, 7) is 2.13. The van der Waals surface area contributed by atoms with Gasteiger partial charge in [0.15, 0.2) is 0 Å². The molecule has 0 aromatic carbocycles. The summed E-state index contributed by atoms with van der Waals surface area (Å²) in [5.41, 5.74) is 7.73. The van der Waals surface area contributed by atoms with Gasteiger partial charge in [-0.3, -0.25) is 0 Å². The van der Waals surface area contributed by atoms with Crippen LogP contribution in [0.15, 0.2) is 18.3 Å². The minimum atomic E-state index is 0.594. The van der Waals surface area contributed by atoms with Gasteiger partial charge in [0.05, 0.1) is 12.1 Å². The van der Waals surface area contributed by atoms with Gasteiger partial charge in [0.1, 0.15) is 10.7 Å². The Morgan fingerprint density at radius 3 is 2.82 bits per heavy atom. The third-order valence-corrected chi connectivity index (χ3v) is 3.32. The Kier molecular flexibility index (Phi) is 3.58.